The molecule has 112 valence electrons. The van der Waals surface area contributed by atoms with Gasteiger partial charge in [-0.15, -0.1) is 0 Å². The highest BCUT2D eigenvalue weighted by atomic mass is 35.5. The van der Waals surface area contributed by atoms with Crippen LogP contribution in [-0.4, -0.2) is 22.6 Å². The van der Waals surface area contributed by atoms with Crippen LogP contribution in [0.5, 0.6) is 5.75 Å². The van der Waals surface area contributed by atoms with Gasteiger partial charge < -0.3 is 14.6 Å². The zero-order chi connectivity index (χ0) is 15.7. The summed E-state index contributed by atoms with van der Waals surface area (Å²) in [6.45, 7) is 0. The third kappa shape index (κ3) is 2.63. The normalized spacial score (nSPS) is 10.7. The Bertz CT molecular complexity index is 858. The van der Waals surface area contributed by atoms with Gasteiger partial charge in [0.25, 0.3) is 5.91 Å². The van der Waals surface area contributed by atoms with Gasteiger partial charge in [0, 0.05) is 18.3 Å². The van der Waals surface area contributed by atoms with Crippen LogP contribution < -0.4 is 10.1 Å². The molecule has 0 radical (unpaired) electrons. The number of hydrogen-bond donors (Lipinski definition) is 1. The van der Waals surface area contributed by atoms with Crippen LogP contribution in [0.15, 0.2) is 42.7 Å². The van der Waals surface area contributed by atoms with E-state index in [0.29, 0.717) is 22.0 Å². The van der Waals surface area contributed by atoms with E-state index >= 15 is 0 Å². The summed E-state index contributed by atoms with van der Waals surface area (Å²) in [5.41, 5.74) is 2.90. The van der Waals surface area contributed by atoms with Crippen molar-refractivity contribution in [1.82, 2.24) is 9.55 Å². The maximum atomic E-state index is 12.3. The lowest BCUT2D eigenvalue weighted by atomic mass is 10.2. The van der Waals surface area contributed by atoms with Gasteiger partial charge in [-0.2, -0.15) is 0 Å². The highest BCUT2D eigenvalue weighted by molar-refractivity contribution is 6.32. The van der Waals surface area contributed by atoms with Crippen molar-refractivity contribution in [1.29, 1.82) is 0 Å². The van der Waals surface area contributed by atoms with Gasteiger partial charge in [-0.05, 0) is 36.4 Å². The van der Waals surface area contributed by atoms with Crippen LogP contribution in [0.25, 0.3) is 11.0 Å². The van der Waals surface area contributed by atoms with E-state index in [1.54, 1.807) is 43.8 Å². The number of nitrogens with one attached hydrogen (secondary N) is 1. The number of rotatable bonds is 3. The highest BCUT2D eigenvalue weighted by Gasteiger charge is 2.10. The molecule has 5 nitrogen and oxygen atoms in total. The van der Waals surface area contributed by atoms with Crippen molar-refractivity contribution in [2.45, 2.75) is 0 Å². The first-order chi connectivity index (χ1) is 10.6. The lowest BCUT2D eigenvalue weighted by Crippen LogP contribution is -2.11. The maximum absolute atomic E-state index is 12.3. The molecular formula is C16H14ClN3O2. The van der Waals surface area contributed by atoms with E-state index in [1.165, 1.54) is 0 Å². The molecule has 0 saturated carbocycles. The third-order valence-corrected chi connectivity index (χ3v) is 3.69. The van der Waals surface area contributed by atoms with Crippen LogP contribution in [0.2, 0.25) is 5.02 Å². The fourth-order valence-corrected chi connectivity index (χ4v) is 2.48. The summed E-state index contributed by atoms with van der Waals surface area (Å²) in [7, 11) is 3.45. The minimum absolute atomic E-state index is 0.214. The number of carbonyl (C=O) groups is 1. The molecule has 1 heterocycles. The van der Waals surface area contributed by atoms with E-state index in [0.717, 1.165) is 11.0 Å². The number of aromatic nitrogens is 2. The van der Waals surface area contributed by atoms with E-state index in [2.05, 4.69) is 10.3 Å². The molecular weight excluding hydrogens is 302 g/mol. The number of anilines is 1. The first kappa shape index (κ1) is 14.4. The smallest absolute Gasteiger partial charge is 0.255 e. The maximum Gasteiger partial charge on any atom is 0.255 e. The van der Waals surface area contributed by atoms with E-state index < -0.39 is 0 Å². The molecule has 0 spiro atoms. The van der Waals surface area contributed by atoms with Crippen molar-refractivity contribution in [3.63, 3.8) is 0 Å². The predicted molar refractivity (Wildman–Crippen MR) is 86.7 cm³/mol. The van der Waals surface area contributed by atoms with Gasteiger partial charge in [-0.3, -0.25) is 4.79 Å². The second kappa shape index (κ2) is 5.69. The van der Waals surface area contributed by atoms with E-state index in [4.69, 9.17) is 16.3 Å². The Morgan fingerprint density at radius 1 is 1.27 bits per heavy atom. The summed E-state index contributed by atoms with van der Waals surface area (Å²) in [6.07, 6.45) is 1.72. The fourth-order valence-electron chi connectivity index (χ4n) is 2.22. The molecule has 3 rings (SSSR count). The largest absolute Gasteiger partial charge is 0.495 e. The van der Waals surface area contributed by atoms with Crippen LogP contribution in [0, 0.1) is 0 Å². The molecule has 1 N–H and O–H groups in total. The third-order valence-electron chi connectivity index (χ3n) is 3.40. The van der Waals surface area contributed by atoms with Crippen molar-refractivity contribution in [2.24, 2.45) is 7.05 Å². The highest BCUT2D eigenvalue weighted by Crippen LogP contribution is 2.27. The number of benzene rings is 2. The molecule has 2 aromatic carbocycles. The Balaban J connectivity index is 1.85. The number of methoxy groups -OCH3 is 1. The predicted octanol–water partition coefficient (Wildman–Crippen LogP) is 3.49. The van der Waals surface area contributed by atoms with Crippen molar-refractivity contribution in [3.05, 3.63) is 53.3 Å². The van der Waals surface area contributed by atoms with Gasteiger partial charge >= 0.3 is 0 Å². The molecule has 0 atom stereocenters. The molecule has 0 aliphatic rings. The molecule has 0 saturated heterocycles. The number of nitrogens with zero attached hydrogens (tertiary/aromatic N) is 2. The van der Waals surface area contributed by atoms with Crippen LogP contribution in [0.3, 0.4) is 0 Å². The van der Waals surface area contributed by atoms with E-state index in [-0.39, 0.29) is 5.91 Å². The number of fused-ring (bicyclic) bond motifs is 1. The minimum Gasteiger partial charge on any atom is -0.495 e. The van der Waals surface area contributed by atoms with Crippen molar-refractivity contribution in [2.75, 3.05) is 12.4 Å². The Morgan fingerprint density at radius 3 is 2.82 bits per heavy atom. The lowest BCUT2D eigenvalue weighted by molar-refractivity contribution is 0.102. The number of amides is 1. The number of imidazole rings is 1. The number of hydrogen-bond acceptors (Lipinski definition) is 3. The fraction of sp³-hybridized carbons (Fsp3) is 0.125. The Labute approximate surface area is 132 Å². The molecule has 1 aromatic heterocycles. The SMILES string of the molecule is COc1ccc(NC(=O)c2ccc3c(c2)ncn3C)cc1Cl. The molecule has 0 aliphatic carbocycles. The minimum atomic E-state index is -0.214. The molecule has 0 bridgehead atoms. The van der Waals surface area contributed by atoms with Crippen molar-refractivity contribution < 1.29 is 9.53 Å². The van der Waals surface area contributed by atoms with Gasteiger partial charge in [0.2, 0.25) is 0 Å². The topological polar surface area (TPSA) is 56.1 Å². The van der Waals surface area contributed by atoms with Gasteiger partial charge in [0.1, 0.15) is 5.75 Å². The summed E-state index contributed by atoms with van der Waals surface area (Å²) in [5.74, 6) is 0.350. The molecule has 22 heavy (non-hydrogen) atoms. The van der Waals surface area contributed by atoms with Crippen LogP contribution in [0.1, 0.15) is 10.4 Å². The van der Waals surface area contributed by atoms with Gasteiger partial charge in [0.15, 0.2) is 0 Å². The van der Waals surface area contributed by atoms with Crippen LogP contribution in [0.4, 0.5) is 5.69 Å². The number of halogens is 1. The Hall–Kier alpha value is -2.53. The monoisotopic (exact) mass is 315 g/mol. The molecule has 1 amide bonds. The second-order valence-electron chi connectivity index (χ2n) is 4.86. The molecule has 0 aliphatic heterocycles. The zero-order valence-corrected chi connectivity index (χ0v) is 12.9. The van der Waals surface area contributed by atoms with E-state index in [9.17, 15) is 4.79 Å². The first-order valence-electron chi connectivity index (χ1n) is 6.64. The lowest BCUT2D eigenvalue weighted by Gasteiger charge is -2.08. The summed E-state index contributed by atoms with van der Waals surface area (Å²) in [4.78, 5) is 16.6. The zero-order valence-electron chi connectivity index (χ0n) is 12.1. The van der Waals surface area contributed by atoms with Gasteiger partial charge in [-0.25, -0.2) is 4.98 Å². The molecule has 0 unspecified atom stereocenters. The molecule has 6 heteroatoms. The summed E-state index contributed by atoms with van der Waals surface area (Å²) in [5, 5.41) is 3.25. The number of carbonyl (C=O) groups excluding carboxylic acids is 1. The second-order valence-corrected chi connectivity index (χ2v) is 5.27. The van der Waals surface area contributed by atoms with Gasteiger partial charge in [0.05, 0.1) is 29.5 Å². The summed E-state index contributed by atoms with van der Waals surface area (Å²) >= 11 is 6.05. The quantitative estimate of drug-likeness (QED) is 0.805. The average molecular weight is 316 g/mol. The average Bonchev–Trinajstić information content (AvgIpc) is 2.88. The standard InChI is InChI=1S/C16H14ClN3O2/c1-20-9-18-13-7-10(3-5-14(13)20)16(21)19-11-4-6-15(22-2)12(17)8-11/h3-9H,1-2H3,(H,19,21). The number of aryl methyl sites for hydroxylation is 1. The Morgan fingerprint density at radius 2 is 2.09 bits per heavy atom. The van der Waals surface area contributed by atoms with E-state index in [1.807, 2.05) is 17.7 Å². The van der Waals surface area contributed by atoms with Crippen molar-refractivity contribution in [3.8, 4) is 5.75 Å². The summed E-state index contributed by atoms with van der Waals surface area (Å²) < 4.78 is 6.99. The van der Waals surface area contributed by atoms with Gasteiger partial charge in [-0.1, -0.05) is 11.6 Å². The number of ether oxygens (including phenoxy) is 1. The Kier molecular flexibility index (Phi) is 3.73. The van der Waals surface area contributed by atoms with Crippen LogP contribution in [-0.2, 0) is 7.05 Å². The van der Waals surface area contributed by atoms with Crippen molar-refractivity contribution >= 4 is 34.2 Å². The molecule has 0 fully saturated rings. The van der Waals surface area contributed by atoms with Crippen LogP contribution >= 0.6 is 11.6 Å². The molecule has 3 aromatic rings. The summed E-state index contributed by atoms with van der Waals surface area (Å²) in [6, 6.07) is 10.5. The first-order valence-corrected chi connectivity index (χ1v) is 7.02.